The molecule has 0 spiro atoms. The van der Waals surface area contributed by atoms with Crippen LogP contribution in [-0.2, 0) is 11.2 Å². The molecule has 0 aromatic heterocycles. The lowest BCUT2D eigenvalue weighted by molar-refractivity contribution is -0.385. The third-order valence-electron chi connectivity index (χ3n) is 4.62. The van der Waals surface area contributed by atoms with Gasteiger partial charge in [0, 0.05) is 29.3 Å². The summed E-state index contributed by atoms with van der Waals surface area (Å²) in [4.78, 5) is 35.7. The SMILES string of the molecule is COc1cc(NC(=O)c2ccccc2)c(OC)cc1NC(=O)Cc1ccccc1[N+](=O)[O-]. The second-order valence-corrected chi connectivity index (χ2v) is 6.68. The summed E-state index contributed by atoms with van der Waals surface area (Å²) in [5, 5.41) is 16.6. The Morgan fingerprint density at radius 1 is 0.875 bits per heavy atom. The van der Waals surface area contributed by atoms with Crippen molar-refractivity contribution < 1.29 is 24.0 Å². The van der Waals surface area contributed by atoms with Gasteiger partial charge in [-0.15, -0.1) is 0 Å². The first-order valence-corrected chi connectivity index (χ1v) is 9.57. The zero-order valence-electron chi connectivity index (χ0n) is 17.5. The maximum absolute atomic E-state index is 12.6. The second kappa shape index (κ2) is 10.1. The quantitative estimate of drug-likeness (QED) is 0.407. The van der Waals surface area contributed by atoms with Gasteiger partial charge in [0.2, 0.25) is 5.91 Å². The first kappa shape index (κ1) is 22.3. The number of para-hydroxylation sites is 1. The van der Waals surface area contributed by atoms with Crippen LogP contribution < -0.4 is 20.1 Å². The van der Waals surface area contributed by atoms with Crippen LogP contribution in [-0.4, -0.2) is 31.0 Å². The Morgan fingerprint density at radius 2 is 1.44 bits per heavy atom. The highest BCUT2D eigenvalue weighted by Gasteiger charge is 2.19. The van der Waals surface area contributed by atoms with E-state index in [1.807, 2.05) is 6.07 Å². The summed E-state index contributed by atoms with van der Waals surface area (Å²) < 4.78 is 10.7. The molecule has 2 N–H and O–H groups in total. The van der Waals surface area contributed by atoms with Crippen molar-refractivity contribution in [2.45, 2.75) is 6.42 Å². The Labute approximate surface area is 184 Å². The molecule has 0 aliphatic heterocycles. The molecule has 0 saturated carbocycles. The molecule has 0 unspecified atom stereocenters. The molecule has 3 rings (SSSR count). The van der Waals surface area contributed by atoms with E-state index in [1.54, 1.807) is 30.3 Å². The predicted octanol–water partition coefficient (Wildman–Crippen LogP) is 4.05. The van der Waals surface area contributed by atoms with Gasteiger partial charge in [-0.1, -0.05) is 36.4 Å². The molecular weight excluding hydrogens is 414 g/mol. The lowest BCUT2D eigenvalue weighted by atomic mass is 10.1. The molecule has 0 aliphatic carbocycles. The summed E-state index contributed by atoms with van der Waals surface area (Å²) >= 11 is 0. The van der Waals surface area contributed by atoms with Gasteiger partial charge in [0.15, 0.2) is 0 Å². The average molecular weight is 435 g/mol. The number of methoxy groups -OCH3 is 2. The van der Waals surface area contributed by atoms with Crippen LogP contribution in [0, 0.1) is 10.1 Å². The number of hydrogen-bond donors (Lipinski definition) is 2. The fourth-order valence-corrected chi connectivity index (χ4v) is 3.08. The van der Waals surface area contributed by atoms with Crippen LogP contribution in [0.3, 0.4) is 0 Å². The summed E-state index contributed by atoms with van der Waals surface area (Å²) in [6, 6.07) is 17.7. The Hall–Kier alpha value is -4.40. The molecule has 0 heterocycles. The van der Waals surface area contributed by atoms with Crippen molar-refractivity contribution in [3.05, 3.63) is 88.0 Å². The Bertz CT molecular complexity index is 1150. The lowest BCUT2D eigenvalue weighted by Gasteiger charge is -2.16. The first-order valence-electron chi connectivity index (χ1n) is 9.57. The summed E-state index contributed by atoms with van der Waals surface area (Å²) in [7, 11) is 2.85. The number of carbonyl (C=O) groups excluding carboxylic acids is 2. The van der Waals surface area contributed by atoms with E-state index >= 15 is 0 Å². The van der Waals surface area contributed by atoms with E-state index in [9.17, 15) is 19.7 Å². The number of carbonyl (C=O) groups is 2. The number of nitrogens with one attached hydrogen (secondary N) is 2. The van der Waals surface area contributed by atoms with E-state index in [1.165, 1.54) is 44.6 Å². The van der Waals surface area contributed by atoms with Gasteiger partial charge < -0.3 is 20.1 Å². The van der Waals surface area contributed by atoms with Crippen molar-refractivity contribution in [3.8, 4) is 11.5 Å². The highest BCUT2D eigenvalue weighted by molar-refractivity contribution is 6.05. The second-order valence-electron chi connectivity index (χ2n) is 6.68. The van der Waals surface area contributed by atoms with E-state index < -0.39 is 10.8 Å². The fraction of sp³-hybridized carbons (Fsp3) is 0.130. The van der Waals surface area contributed by atoms with E-state index in [0.717, 1.165) is 0 Å². The van der Waals surface area contributed by atoms with E-state index in [-0.39, 0.29) is 29.3 Å². The van der Waals surface area contributed by atoms with E-state index in [2.05, 4.69) is 10.6 Å². The largest absolute Gasteiger partial charge is 0.494 e. The third kappa shape index (κ3) is 5.20. The number of nitro groups is 1. The third-order valence-corrected chi connectivity index (χ3v) is 4.62. The van der Waals surface area contributed by atoms with Gasteiger partial charge in [-0.2, -0.15) is 0 Å². The van der Waals surface area contributed by atoms with Crippen LogP contribution in [0.15, 0.2) is 66.7 Å². The molecule has 0 saturated heterocycles. The minimum absolute atomic E-state index is 0.133. The molecule has 2 amide bonds. The van der Waals surface area contributed by atoms with Crippen molar-refractivity contribution in [2.75, 3.05) is 24.9 Å². The van der Waals surface area contributed by atoms with Gasteiger partial charge in [-0.25, -0.2) is 0 Å². The van der Waals surface area contributed by atoms with Crippen molar-refractivity contribution in [2.24, 2.45) is 0 Å². The molecule has 9 nitrogen and oxygen atoms in total. The van der Waals surface area contributed by atoms with Gasteiger partial charge in [0.05, 0.1) is 36.9 Å². The summed E-state index contributed by atoms with van der Waals surface area (Å²) in [6.07, 6.45) is -0.199. The molecule has 32 heavy (non-hydrogen) atoms. The van der Waals surface area contributed by atoms with Crippen LogP contribution in [0.1, 0.15) is 15.9 Å². The highest BCUT2D eigenvalue weighted by Crippen LogP contribution is 2.37. The van der Waals surface area contributed by atoms with E-state index in [0.29, 0.717) is 22.7 Å². The summed E-state index contributed by atoms with van der Waals surface area (Å²) in [5.74, 6) is -0.221. The van der Waals surface area contributed by atoms with Crippen LogP contribution in [0.4, 0.5) is 17.1 Å². The first-order chi connectivity index (χ1) is 15.4. The summed E-state index contributed by atoms with van der Waals surface area (Å²) in [6.45, 7) is 0. The maximum Gasteiger partial charge on any atom is 0.273 e. The van der Waals surface area contributed by atoms with Gasteiger partial charge >= 0.3 is 0 Å². The molecule has 0 bridgehead atoms. The van der Waals surface area contributed by atoms with Crippen molar-refractivity contribution in [1.82, 2.24) is 0 Å². The zero-order chi connectivity index (χ0) is 23.1. The molecule has 3 aromatic rings. The van der Waals surface area contributed by atoms with Gasteiger partial charge in [0.25, 0.3) is 11.6 Å². The number of nitro benzene ring substituents is 1. The van der Waals surface area contributed by atoms with Gasteiger partial charge in [0.1, 0.15) is 11.5 Å². The standard InChI is InChI=1S/C23H21N3O6/c1-31-20-14-18(25-23(28)15-8-4-3-5-9-15)21(32-2)13-17(20)24-22(27)12-16-10-6-7-11-19(16)26(29)30/h3-11,13-14H,12H2,1-2H3,(H,24,27)(H,25,28). The van der Waals surface area contributed by atoms with Crippen LogP contribution >= 0.6 is 0 Å². The Balaban J connectivity index is 1.82. The monoisotopic (exact) mass is 435 g/mol. The number of ether oxygens (including phenoxy) is 2. The van der Waals surface area contributed by atoms with Crippen molar-refractivity contribution in [3.63, 3.8) is 0 Å². The minimum atomic E-state index is -0.531. The topological polar surface area (TPSA) is 120 Å². The Morgan fingerprint density at radius 3 is 2.03 bits per heavy atom. The van der Waals surface area contributed by atoms with Crippen LogP contribution in [0.25, 0.3) is 0 Å². The summed E-state index contributed by atoms with van der Waals surface area (Å²) in [5.41, 5.74) is 1.27. The molecule has 9 heteroatoms. The number of amides is 2. The molecular formula is C23H21N3O6. The minimum Gasteiger partial charge on any atom is -0.494 e. The normalized spacial score (nSPS) is 10.2. The molecule has 0 fully saturated rings. The zero-order valence-corrected chi connectivity index (χ0v) is 17.5. The van der Waals surface area contributed by atoms with Crippen molar-refractivity contribution in [1.29, 1.82) is 0 Å². The number of anilines is 2. The maximum atomic E-state index is 12.6. The molecule has 3 aromatic carbocycles. The van der Waals surface area contributed by atoms with Crippen molar-refractivity contribution >= 4 is 28.9 Å². The van der Waals surface area contributed by atoms with Crippen LogP contribution in [0.2, 0.25) is 0 Å². The smallest absolute Gasteiger partial charge is 0.273 e. The molecule has 0 atom stereocenters. The van der Waals surface area contributed by atoms with Gasteiger partial charge in [-0.3, -0.25) is 19.7 Å². The van der Waals surface area contributed by atoms with Crippen LogP contribution in [0.5, 0.6) is 11.5 Å². The predicted molar refractivity (Wildman–Crippen MR) is 119 cm³/mol. The average Bonchev–Trinajstić information content (AvgIpc) is 2.80. The molecule has 0 radical (unpaired) electrons. The number of nitrogens with zero attached hydrogens (tertiary/aromatic N) is 1. The lowest BCUT2D eigenvalue weighted by Crippen LogP contribution is -2.17. The molecule has 164 valence electrons. The Kier molecular flexibility index (Phi) is 7.02. The number of benzene rings is 3. The van der Waals surface area contributed by atoms with Gasteiger partial charge in [-0.05, 0) is 12.1 Å². The number of rotatable bonds is 8. The highest BCUT2D eigenvalue weighted by atomic mass is 16.6. The number of hydrogen-bond acceptors (Lipinski definition) is 6. The van der Waals surface area contributed by atoms with E-state index in [4.69, 9.17) is 9.47 Å². The molecule has 0 aliphatic rings. The fourth-order valence-electron chi connectivity index (χ4n) is 3.08.